The van der Waals surface area contributed by atoms with E-state index in [4.69, 9.17) is 14.2 Å². The molecule has 1 N–H and O–H groups in total. The van der Waals surface area contributed by atoms with Crippen LogP contribution in [0.5, 0.6) is 5.75 Å². The summed E-state index contributed by atoms with van der Waals surface area (Å²) in [5.41, 5.74) is 1.25. The van der Waals surface area contributed by atoms with Gasteiger partial charge in [-0.3, -0.25) is 14.9 Å². The van der Waals surface area contributed by atoms with Crippen molar-refractivity contribution >= 4 is 27.8 Å². The predicted molar refractivity (Wildman–Crippen MR) is 106 cm³/mol. The molecule has 0 unspecified atom stereocenters. The van der Waals surface area contributed by atoms with E-state index in [0.29, 0.717) is 22.4 Å². The predicted octanol–water partition coefficient (Wildman–Crippen LogP) is 2.09. The third-order valence-electron chi connectivity index (χ3n) is 4.03. The molecule has 0 saturated heterocycles. The summed E-state index contributed by atoms with van der Waals surface area (Å²) in [5.74, 6) is -0.495. The number of rotatable bonds is 8. The molecule has 0 fully saturated rings. The van der Waals surface area contributed by atoms with Crippen LogP contribution in [0.15, 0.2) is 47.9 Å². The van der Waals surface area contributed by atoms with E-state index in [1.165, 1.54) is 18.2 Å². The quantitative estimate of drug-likeness (QED) is 0.379. The maximum Gasteiger partial charge on any atom is 0.321 e. The Labute approximate surface area is 172 Å². The Hall–Kier alpha value is -3.28. The van der Waals surface area contributed by atoms with Gasteiger partial charge < -0.3 is 14.2 Å². The highest BCUT2D eigenvalue weighted by molar-refractivity contribution is 7.92. The summed E-state index contributed by atoms with van der Waals surface area (Å²) in [5, 5.41) is 12.0. The van der Waals surface area contributed by atoms with Gasteiger partial charge in [0.15, 0.2) is 6.79 Å². The van der Waals surface area contributed by atoms with E-state index in [-0.39, 0.29) is 25.7 Å². The van der Waals surface area contributed by atoms with E-state index < -0.39 is 27.5 Å². The lowest BCUT2D eigenvalue weighted by Gasteiger charge is -2.20. The van der Waals surface area contributed by atoms with E-state index in [0.717, 1.165) is 5.41 Å². The first-order valence-electron chi connectivity index (χ1n) is 8.73. The van der Waals surface area contributed by atoms with Gasteiger partial charge in [0.25, 0.3) is 5.69 Å². The van der Waals surface area contributed by atoms with E-state index in [1.54, 1.807) is 30.3 Å². The number of benzene rings is 2. The average Bonchev–Trinajstić information content (AvgIpc) is 2.75. The molecule has 1 aliphatic heterocycles. The normalized spacial score (nSPS) is 13.5. The first kappa shape index (κ1) is 21.4. The van der Waals surface area contributed by atoms with Crippen LogP contribution in [0.1, 0.15) is 16.7 Å². The second kappa shape index (κ2) is 9.48. The number of esters is 1. The van der Waals surface area contributed by atoms with Gasteiger partial charge in [-0.15, -0.1) is 0 Å². The Balaban J connectivity index is 1.59. The Morgan fingerprint density at radius 3 is 2.77 bits per heavy atom. The van der Waals surface area contributed by atoms with Crippen molar-refractivity contribution in [3.05, 3.63) is 74.7 Å². The number of ether oxygens (including phenoxy) is 3. The SMILES string of the molecule is O=C(CNS(=O)(=O)/C=C/c1ccccc1)OCc1cc([N+](=O)[O-])cc2c1OCOC2. The fourth-order valence-corrected chi connectivity index (χ4v) is 3.39. The second-order valence-corrected chi connectivity index (χ2v) is 7.85. The number of nitro benzene ring substituents is 1. The molecule has 2 aromatic rings. The van der Waals surface area contributed by atoms with Crippen LogP contribution < -0.4 is 9.46 Å². The van der Waals surface area contributed by atoms with Gasteiger partial charge in [0.2, 0.25) is 10.0 Å². The van der Waals surface area contributed by atoms with Gasteiger partial charge >= 0.3 is 5.97 Å². The zero-order chi connectivity index (χ0) is 21.6. The molecule has 0 aliphatic carbocycles. The molecule has 0 saturated carbocycles. The summed E-state index contributed by atoms with van der Waals surface area (Å²) in [7, 11) is -3.85. The molecule has 1 heterocycles. The van der Waals surface area contributed by atoms with Crippen LogP contribution in [0, 0.1) is 10.1 Å². The van der Waals surface area contributed by atoms with Gasteiger partial charge in [-0.1, -0.05) is 30.3 Å². The Bertz CT molecular complexity index is 1070. The van der Waals surface area contributed by atoms with E-state index >= 15 is 0 Å². The molecule has 0 bridgehead atoms. The van der Waals surface area contributed by atoms with Crippen LogP contribution >= 0.6 is 0 Å². The maximum absolute atomic E-state index is 12.0. The van der Waals surface area contributed by atoms with E-state index in [1.807, 2.05) is 0 Å². The van der Waals surface area contributed by atoms with Crippen molar-refractivity contribution in [2.45, 2.75) is 13.2 Å². The van der Waals surface area contributed by atoms with Gasteiger partial charge in [-0.2, -0.15) is 0 Å². The third kappa shape index (κ3) is 5.86. The zero-order valence-electron chi connectivity index (χ0n) is 15.6. The van der Waals surface area contributed by atoms with Crippen molar-refractivity contribution in [1.82, 2.24) is 4.72 Å². The van der Waals surface area contributed by atoms with Crippen LogP contribution in [0.2, 0.25) is 0 Å². The van der Waals surface area contributed by atoms with Gasteiger partial charge in [0, 0.05) is 28.7 Å². The largest absolute Gasteiger partial charge is 0.467 e. The van der Waals surface area contributed by atoms with Crippen LogP contribution in [0.3, 0.4) is 0 Å². The third-order valence-corrected chi connectivity index (χ3v) is 5.07. The molecule has 30 heavy (non-hydrogen) atoms. The van der Waals surface area contributed by atoms with E-state index in [2.05, 4.69) is 4.72 Å². The highest BCUT2D eigenvalue weighted by Crippen LogP contribution is 2.33. The monoisotopic (exact) mass is 434 g/mol. The molecule has 158 valence electrons. The molecule has 3 rings (SSSR count). The molecule has 0 atom stereocenters. The first-order valence-corrected chi connectivity index (χ1v) is 10.3. The summed E-state index contributed by atoms with van der Waals surface area (Å²) >= 11 is 0. The van der Waals surface area contributed by atoms with E-state index in [9.17, 15) is 23.3 Å². The Morgan fingerprint density at radius 2 is 2.03 bits per heavy atom. The lowest BCUT2D eigenvalue weighted by atomic mass is 10.1. The molecular weight excluding hydrogens is 416 g/mol. The molecule has 10 nitrogen and oxygen atoms in total. The van der Waals surface area contributed by atoms with Gasteiger partial charge in [-0.25, -0.2) is 13.1 Å². The summed E-state index contributed by atoms with van der Waals surface area (Å²) in [6.07, 6.45) is 1.39. The number of nitrogens with one attached hydrogen (secondary N) is 1. The number of fused-ring (bicyclic) bond motifs is 1. The number of carbonyl (C=O) groups is 1. The first-order chi connectivity index (χ1) is 14.3. The summed E-state index contributed by atoms with van der Waals surface area (Å²) < 4.78 is 41.6. The second-order valence-electron chi connectivity index (χ2n) is 6.20. The standard InChI is InChI=1S/C19H18N2O8S/c22-18(10-20-30(25,26)7-6-14-4-2-1-3-5-14)28-12-16-9-17(21(23)24)8-15-11-27-13-29-19(15)16/h1-9,20H,10-13H2/b7-6+. The number of nitrogens with zero attached hydrogens (tertiary/aromatic N) is 1. The van der Waals surface area contributed by atoms with Gasteiger partial charge in [0.1, 0.15) is 18.9 Å². The Morgan fingerprint density at radius 1 is 1.27 bits per heavy atom. The highest BCUT2D eigenvalue weighted by atomic mass is 32.2. The smallest absolute Gasteiger partial charge is 0.321 e. The minimum atomic E-state index is -3.85. The number of carbonyl (C=O) groups excluding carboxylic acids is 1. The molecule has 0 amide bonds. The van der Waals surface area contributed by atoms with Crippen molar-refractivity contribution < 1.29 is 32.3 Å². The average molecular weight is 434 g/mol. The fraction of sp³-hybridized carbons (Fsp3) is 0.211. The Kier molecular flexibility index (Phi) is 6.77. The van der Waals surface area contributed by atoms with Gasteiger partial charge in [-0.05, 0) is 11.6 Å². The van der Waals surface area contributed by atoms with Crippen LogP contribution in [0.4, 0.5) is 5.69 Å². The van der Waals surface area contributed by atoms with Crippen LogP contribution in [0.25, 0.3) is 6.08 Å². The summed E-state index contributed by atoms with van der Waals surface area (Å²) in [6, 6.07) is 11.4. The minimum Gasteiger partial charge on any atom is -0.467 e. The number of non-ortho nitro benzene ring substituents is 1. The highest BCUT2D eigenvalue weighted by Gasteiger charge is 2.22. The van der Waals surface area contributed by atoms with Crippen molar-refractivity contribution in [3.8, 4) is 5.75 Å². The fourth-order valence-electron chi connectivity index (χ4n) is 2.64. The number of sulfonamides is 1. The van der Waals surface area contributed by atoms with Crippen molar-refractivity contribution in [1.29, 1.82) is 0 Å². The topological polar surface area (TPSA) is 134 Å². The molecule has 0 spiro atoms. The van der Waals surface area contributed by atoms with Crippen molar-refractivity contribution in [2.75, 3.05) is 13.3 Å². The number of hydrogen-bond acceptors (Lipinski definition) is 8. The summed E-state index contributed by atoms with van der Waals surface area (Å²) in [4.78, 5) is 22.5. The van der Waals surface area contributed by atoms with Crippen LogP contribution in [-0.4, -0.2) is 32.6 Å². The number of hydrogen-bond donors (Lipinski definition) is 1. The lowest BCUT2D eigenvalue weighted by molar-refractivity contribution is -0.385. The number of nitro groups is 1. The molecular formula is C19H18N2O8S. The van der Waals surface area contributed by atoms with Gasteiger partial charge in [0.05, 0.1) is 11.5 Å². The molecule has 0 aromatic heterocycles. The molecule has 11 heteroatoms. The zero-order valence-corrected chi connectivity index (χ0v) is 16.5. The molecule has 2 aromatic carbocycles. The minimum absolute atomic E-state index is 0.0285. The van der Waals surface area contributed by atoms with Crippen molar-refractivity contribution in [3.63, 3.8) is 0 Å². The lowest BCUT2D eigenvalue weighted by Crippen LogP contribution is -2.29. The van der Waals surface area contributed by atoms with Crippen molar-refractivity contribution in [2.24, 2.45) is 0 Å². The molecule has 0 radical (unpaired) electrons. The summed E-state index contributed by atoms with van der Waals surface area (Å²) in [6.45, 7) is -0.808. The maximum atomic E-state index is 12.0. The molecule has 1 aliphatic rings. The van der Waals surface area contributed by atoms with Crippen LogP contribution in [-0.2, 0) is 37.5 Å².